The van der Waals surface area contributed by atoms with Crippen LogP contribution in [0, 0.1) is 50.9 Å². The number of fused-ring (bicyclic) bond motifs is 3. The Morgan fingerprint density at radius 3 is 1.24 bits per heavy atom. The number of nitrogens with zero attached hydrogens (tertiary/aromatic N) is 11. The van der Waals surface area contributed by atoms with Gasteiger partial charge in [0.2, 0.25) is 0 Å². The summed E-state index contributed by atoms with van der Waals surface area (Å²) in [5.41, 5.74) is 4.12. The Balaban J connectivity index is 0.00000179. The van der Waals surface area contributed by atoms with E-state index in [1.165, 1.54) is 0 Å². The monoisotopic (exact) mass is 777 g/mol. The fourth-order valence-electron chi connectivity index (χ4n) is 5.33. The van der Waals surface area contributed by atoms with Crippen molar-refractivity contribution in [1.29, 1.82) is 0 Å². The molecule has 13 heteroatoms. The first-order valence-corrected chi connectivity index (χ1v) is 13.7. The first-order valence-electron chi connectivity index (χ1n) is 13.7. The van der Waals surface area contributed by atoms with Crippen LogP contribution in [0.1, 0.15) is 0 Å². The molecular formula is C32H27N11Pd2-8. The quantitative estimate of drug-likeness (QED) is 0.219. The number of hydrogen-bond acceptors (Lipinski definition) is 10. The van der Waals surface area contributed by atoms with Crippen molar-refractivity contribution in [1.82, 2.24) is 34.1 Å². The van der Waals surface area contributed by atoms with E-state index >= 15 is 0 Å². The smallest absolute Gasteiger partial charge is 0.0112 e. The third-order valence-corrected chi connectivity index (χ3v) is 7.45. The minimum Gasteiger partial charge on any atom is -0.520 e. The zero-order valence-corrected chi connectivity index (χ0v) is 27.8. The predicted octanol–water partition coefficient (Wildman–Crippen LogP) is 4.14. The van der Waals surface area contributed by atoms with Crippen LogP contribution in [0.4, 0.5) is 23.0 Å². The molecule has 0 aliphatic carbocycles. The van der Waals surface area contributed by atoms with Crippen molar-refractivity contribution in [3.8, 4) is 5.69 Å². The Morgan fingerprint density at radius 2 is 0.889 bits per heavy atom. The minimum atomic E-state index is 0. The van der Waals surface area contributed by atoms with Gasteiger partial charge in [-0.3, -0.25) is 9.97 Å². The van der Waals surface area contributed by atoms with Crippen LogP contribution in [0.2, 0.25) is 0 Å². The van der Waals surface area contributed by atoms with E-state index in [9.17, 15) is 0 Å². The number of hydrogen-bond donors (Lipinski definition) is 0. The first kappa shape index (κ1) is 31.0. The molecule has 0 fully saturated rings. The van der Waals surface area contributed by atoms with Gasteiger partial charge >= 0.3 is 0 Å². The van der Waals surface area contributed by atoms with Crippen LogP contribution in [0.3, 0.4) is 0 Å². The van der Waals surface area contributed by atoms with Crippen molar-refractivity contribution in [2.45, 2.75) is 0 Å². The van der Waals surface area contributed by atoms with Gasteiger partial charge in [0.25, 0.3) is 0 Å². The largest absolute Gasteiger partial charge is 0.520 e. The van der Waals surface area contributed by atoms with Crippen LogP contribution in [-0.4, -0.2) is 62.3 Å². The van der Waals surface area contributed by atoms with Gasteiger partial charge in [0.05, 0.1) is 0 Å². The normalized spacial score (nSPS) is 17.2. The van der Waals surface area contributed by atoms with Crippen LogP contribution in [0.5, 0.6) is 0 Å². The molecule has 4 aliphatic rings. The molecule has 238 valence electrons. The second kappa shape index (κ2) is 12.1. The third-order valence-electron chi connectivity index (χ3n) is 7.45. The van der Waals surface area contributed by atoms with Crippen LogP contribution in [-0.2, 0) is 40.8 Å². The Labute approximate surface area is 290 Å². The van der Waals surface area contributed by atoms with E-state index in [1.54, 1.807) is 0 Å². The summed E-state index contributed by atoms with van der Waals surface area (Å²) in [6.07, 6.45) is 19.7. The van der Waals surface area contributed by atoms with Crippen molar-refractivity contribution < 1.29 is 40.8 Å². The summed E-state index contributed by atoms with van der Waals surface area (Å²) >= 11 is 0. The van der Waals surface area contributed by atoms with Gasteiger partial charge in [-0.15, -0.1) is 11.0 Å². The van der Waals surface area contributed by atoms with Gasteiger partial charge in [0, 0.05) is 52.5 Å². The standard InChI is InChI=1S/C32H27N11.2Pd/c1-35-5-9-39(20-35)24-13-25(40-10-6-36(2)21-40)15-26(14-24)43-29-16-31(41-11-7-37(3)22-41)33-18-27(29)28-19-34-32(17-30(28)43)42-12-8-38(4)23-42;;/h5-13,18-23H,1-4H3;;/q-8;;. The summed E-state index contributed by atoms with van der Waals surface area (Å²) in [6.45, 7) is 7.96. The summed E-state index contributed by atoms with van der Waals surface area (Å²) in [7, 11) is 7.97. The average Bonchev–Trinajstić information content (AvgIpc) is 3.84. The third kappa shape index (κ3) is 5.55. The van der Waals surface area contributed by atoms with E-state index in [4.69, 9.17) is 9.97 Å². The van der Waals surface area contributed by atoms with Crippen LogP contribution >= 0.6 is 0 Å². The summed E-state index contributed by atoms with van der Waals surface area (Å²) in [5, 5.41) is 1.83. The Hall–Kier alpha value is -4.00. The predicted molar refractivity (Wildman–Crippen MR) is 166 cm³/mol. The van der Waals surface area contributed by atoms with Crippen molar-refractivity contribution in [2.75, 3.05) is 47.8 Å². The number of benzene rings is 1. The van der Waals surface area contributed by atoms with Gasteiger partial charge in [0.1, 0.15) is 0 Å². The van der Waals surface area contributed by atoms with Crippen molar-refractivity contribution in [3.63, 3.8) is 0 Å². The second-order valence-electron chi connectivity index (χ2n) is 10.7. The second-order valence-corrected chi connectivity index (χ2v) is 10.7. The van der Waals surface area contributed by atoms with E-state index in [0.717, 1.165) is 38.9 Å². The summed E-state index contributed by atoms with van der Waals surface area (Å²) in [5.74, 6) is 1.35. The molecule has 3 aromatic heterocycles. The first-order chi connectivity index (χ1) is 20.9. The molecule has 0 N–H and O–H groups in total. The van der Waals surface area contributed by atoms with Crippen LogP contribution in [0.25, 0.3) is 27.5 Å². The fourth-order valence-corrected chi connectivity index (χ4v) is 5.33. The maximum atomic E-state index is 4.76. The molecular weight excluding hydrogens is 751 g/mol. The Bertz CT molecular complexity index is 1740. The summed E-state index contributed by atoms with van der Waals surface area (Å²) < 4.78 is 2.11. The van der Waals surface area contributed by atoms with Gasteiger partial charge in [-0.05, 0) is 77.8 Å². The van der Waals surface area contributed by atoms with E-state index in [-0.39, 0.29) is 40.8 Å². The molecule has 4 aliphatic heterocycles. The number of pyridine rings is 2. The SMILES string of the molecule is CN1C=CN(c2[c-]c(-n3c4[c-]c(N5C=CN(C)[CH-]5)ncc4c4cnc(N5C=CN(C)[CH-]5)[c-]c43)[c-]c(N3C=CN(C)[CH-]3)c2)[CH-]1.[Pd].[Pd]. The van der Waals surface area contributed by atoms with Gasteiger partial charge in [0.15, 0.2) is 0 Å². The Kier molecular flexibility index (Phi) is 8.32. The fraction of sp³-hybridized carbons (Fsp3) is 0.125. The van der Waals surface area contributed by atoms with E-state index in [2.05, 4.69) is 34.9 Å². The number of anilines is 4. The van der Waals surface area contributed by atoms with Crippen molar-refractivity contribution in [2.24, 2.45) is 0 Å². The molecule has 7 heterocycles. The number of aromatic nitrogens is 3. The molecule has 0 atom stereocenters. The maximum Gasteiger partial charge on any atom is 0.0112 e. The van der Waals surface area contributed by atoms with E-state index in [1.807, 2.05) is 156 Å². The zero-order chi connectivity index (χ0) is 29.2. The molecule has 1 aromatic carbocycles. The van der Waals surface area contributed by atoms with Gasteiger partial charge < -0.3 is 55.9 Å². The topological polar surface area (TPSA) is 56.6 Å². The molecule has 0 saturated heterocycles. The Morgan fingerprint density at radius 1 is 0.511 bits per heavy atom. The molecule has 0 amide bonds. The van der Waals surface area contributed by atoms with E-state index in [0.29, 0.717) is 11.6 Å². The number of rotatable bonds is 5. The maximum absolute atomic E-state index is 4.76. The van der Waals surface area contributed by atoms with Gasteiger partial charge in [-0.1, -0.05) is 12.4 Å². The molecule has 0 radical (unpaired) electrons. The van der Waals surface area contributed by atoms with E-state index < -0.39 is 0 Å². The van der Waals surface area contributed by atoms with Crippen LogP contribution in [0.15, 0.2) is 68.1 Å². The molecule has 11 nitrogen and oxygen atoms in total. The molecule has 0 spiro atoms. The van der Waals surface area contributed by atoms with Gasteiger partial charge in [-0.25, -0.2) is 33.9 Å². The molecule has 0 saturated carbocycles. The summed E-state index contributed by atoms with van der Waals surface area (Å²) in [4.78, 5) is 25.5. The van der Waals surface area contributed by atoms with Crippen molar-refractivity contribution >= 4 is 44.8 Å². The summed E-state index contributed by atoms with van der Waals surface area (Å²) in [6, 6.07) is 16.5. The van der Waals surface area contributed by atoms with Crippen LogP contribution < -0.4 is 19.6 Å². The molecule has 8 rings (SSSR count). The van der Waals surface area contributed by atoms with Gasteiger partial charge in [-0.2, -0.15) is 38.8 Å². The zero-order valence-electron chi connectivity index (χ0n) is 24.7. The molecule has 4 aromatic rings. The van der Waals surface area contributed by atoms with Crippen molar-refractivity contribution in [3.05, 3.63) is 119 Å². The average molecular weight is 778 g/mol. The molecule has 45 heavy (non-hydrogen) atoms. The molecule has 0 unspecified atom stereocenters. The minimum absolute atomic E-state index is 0. The molecule has 0 bridgehead atoms.